The summed E-state index contributed by atoms with van der Waals surface area (Å²) in [6.07, 6.45) is 0.331. The van der Waals surface area contributed by atoms with E-state index in [-0.39, 0.29) is 30.5 Å². The number of benzene rings is 2. The van der Waals surface area contributed by atoms with Crippen LogP contribution in [0.25, 0.3) is 0 Å². The van der Waals surface area contributed by atoms with Crippen LogP contribution in [0, 0.1) is 11.3 Å². The molecule has 2 unspecified atom stereocenters. The lowest BCUT2D eigenvalue weighted by Crippen LogP contribution is -2.60. The molecule has 1 heterocycles. The Labute approximate surface area is 245 Å². The second-order valence-corrected chi connectivity index (χ2v) is 11.6. The van der Waals surface area contributed by atoms with Crippen LogP contribution in [0.15, 0.2) is 48.5 Å². The van der Waals surface area contributed by atoms with Crippen LogP contribution in [0.1, 0.15) is 57.0 Å². The fourth-order valence-electron chi connectivity index (χ4n) is 4.98. The zero-order valence-electron chi connectivity index (χ0n) is 24.1. The number of nitrogens with one attached hydrogen (secondary N) is 3. The number of hydrogen-bond acceptors (Lipinski definition) is 6. The first kappa shape index (κ1) is 31.9. The molecule has 1 aliphatic rings. The van der Waals surface area contributed by atoms with Gasteiger partial charge in [0.2, 0.25) is 5.91 Å². The van der Waals surface area contributed by atoms with Crippen LogP contribution in [0.2, 0.25) is 5.02 Å². The molecule has 4 N–H and O–H groups in total. The summed E-state index contributed by atoms with van der Waals surface area (Å²) in [6.45, 7) is 9.76. The van der Waals surface area contributed by atoms with Crippen LogP contribution in [0.3, 0.4) is 0 Å². The Balaban J connectivity index is 1.67. The third-order valence-electron chi connectivity index (χ3n) is 7.38. The van der Waals surface area contributed by atoms with E-state index in [1.807, 2.05) is 39.8 Å². The monoisotopic (exact) mass is 586 g/mol. The Morgan fingerprint density at radius 2 is 1.78 bits per heavy atom. The number of carbonyl (C=O) groups excluding carboxylic acids is 4. The molecular weight excluding hydrogens is 548 g/mol. The molecule has 41 heavy (non-hydrogen) atoms. The molecule has 0 bridgehead atoms. The number of nitrogens with zero attached hydrogens (tertiary/aromatic N) is 1. The Hall–Kier alpha value is -3.63. The van der Waals surface area contributed by atoms with Crippen molar-refractivity contribution >= 4 is 41.1 Å². The van der Waals surface area contributed by atoms with E-state index in [2.05, 4.69) is 16.0 Å². The van der Waals surface area contributed by atoms with Gasteiger partial charge in [0.25, 0.3) is 5.91 Å². The summed E-state index contributed by atoms with van der Waals surface area (Å²) in [5.41, 5.74) is -0.487. The lowest BCUT2D eigenvalue weighted by Gasteiger charge is -2.51. The number of anilines is 1. The number of hydrogen-bond donors (Lipinski definition) is 4. The van der Waals surface area contributed by atoms with E-state index < -0.39 is 35.0 Å². The number of amides is 4. The molecule has 1 aliphatic heterocycles. The third kappa shape index (κ3) is 7.77. The molecule has 2 atom stereocenters. The van der Waals surface area contributed by atoms with Crippen molar-refractivity contribution in [3.8, 4) is 0 Å². The topological polar surface area (TPSA) is 137 Å². The Bertz CT molecular complexity index is 1270. The number of urea groups is 1. The summed E-state index contributed by atoms with van der Waals surface area (Å²) in [6, 6.07) is 11.9. The summed E-state index contributed by atoms with van der Waals surface area (Å²) in [4.78, 5) is 52.2. The van der Waals surface area contributed by atoms with Gasteiger partial charge in [-0.15, -0.1) is 0 Å². The molecule has 11 heteroatoms. The molecular formula is C30H39ClN4O6. The van der Waals surface area contributed by atoms with E-state index >= 15 is 0 Å². The van der Waals surface area contributed by atoms with Crippen molar-refractivity contribution in [2.24, 2.45) is 11.3 Å². The van der Waals surface area contributed by atoms with Crippen LogP contribution in [0.4, 0.5) is 10.5 Å². The quantitative estimate of drug-likeness (QED) is 0.329. The standard InChI is InChI=1S/C30H39ClN4O6/c1-6-41-24(36)17-32-28(39)33-23-9-7-8-20(16-23)26(37)34-25(19(2)3)27(38)35-15-14-30(40,29(4,5)18-35)21-10-12-22(31)13-11-21/h7-13,16,19,25,40H,6,14-15,17-18H2,1-5H3,(H,34,37)(H2,32,33,39). The van der Waals surface area contributed by atoms with Gasteiger partial charge in [0.05, 0.1) is 12.2 Å². The minimum atomic E-state index is -1.15. The number of aliphatic hydroxyl groups is 1. The Morgan fingerprint density at radius 3 is 2.39 bits per heavy atom. The molecule has 0 radical (unpaired) electrons. The highest BCUT2D eigenvalue weighted by molar-refractivity contribution is 6.30. The summed E-state index contributed by atoms with van der Waals surface area (Å²) in [5.74, 6) is -1.47. The molecule has 10 nitrogen and oxygen atoms in total. The van der Waals surface area contributed by atoms with Crippen molar-refractivity contribution in [2.75, 3.05) is 31.6 Å². The van der Waals surface area contributed by atoms with E-state index in [0.717, 1.165) is 5.56 Å². The minimum Gasteiger partial charge on any atom is -0.465 e. The van der Waals surface area contributed by atoms with E-state index in [1.54, 1.807) is 42.2 Å². The Morgan fingerprint density at radius 1 is 1.10 bits per heavy atom. The van der Waals surface area contributed by atoms with Gasteiger partial charge in [0, 0.05) is 34.8 Å². The number of rotatable bonds is 9. The molecule has 222 valence electrons. The predicted molar refractivity (Wildman–Crippen MR) is 157 cm³/mol. The maximum atomic E-state index is 13.7. The van der Waals surface area contributed by atoms with Crippen LogP contribution in [0.5, 0.6) is 0 Å². The first-order valence-corrected chi connectivity index (χ1v) is 14.0. The molecule has 1 fully saturated rings. The van der Waals surface area contributed by atoms with Gasteiger partial charge < -0.3 is 30.7 Å². The Kier molecular flexibility index (Phi) is 10.4. The van der Waals surface area contributed by atoms with Gasteiger partial charge in [0.1, 0.15) is 12.6 Å². The highest BCUT2D eigenvalue weighted by Crippen LogP contribution is 2.46. The minimum absolute atomic E-state index is 0.207. The van der Waals surface area contributed by atoms with Crippen molar-refractivity contribution in [1.82, 2.24) is 15.5 Å². The van der Waals surface area contributed by atoms with Gasteiger partial charge in [-0.25, -0.2) is 4.79 Å². The molecule has 2 aromatic rings. The lowest BCUT2D eigenvalue weighted by molar-refractivity contribution is -0.155. The highest BCUT2D eigenvalue weighted by Gasteiger charge is 2.50. The molecule has 0 spiro atoms. The maximum Gasteiger partial charge on any atom is 0.325 e. The van der Waals surface area contributed by atoms with E-state index in [4.69, 9.17) is 16.3 Å². The zero-order valence-corrected chi connectivity index (χ0v) is 24.9. The van der Waals surface area contributed by atoms with Gasteiger partial charge >= 0.3 is 12.0 Å². The molecule has 2 aromatic carbocycles. The van der Waals surface area contributed by atoms with Crippen molar-refractivity contribution in [1.29, 1.82) is 0 Å². The molecule has 3 rings (SSSR count). The average molecular weight is 587 g/mol. The predicted octanol–water partition coefficient (Wildman–Crippen LogP) is 3.93. The van der Waals surface area contributed by atoms with Gasteiger partial charge in [-0.05, 0) is 55.2 Å². The normalized spacial score (nSPS) is 18.8. The van der Waals surface area contributed by atoms with E-state index in [1.165, 1.54) is 6.07 Å². The second-order valence-electron chi connectivity index (χ2n) is 11.1. The van der Waals surface area contributed by atoms with Crippen LogP contribution in [-0.4, -0.2) is 66.1 Å². The second kappa shape index (κ2) is 13.4. The maximum absolute atomic E-state index is 13.7. The molecule has 4 amide bonds. The SMILES string of the molecule is CCOC(=O)CNC(=O)Nc1cccc(C(=O)NC(C(=O)N2CCC(O)(c3ccc(Cl)cc3)C(C)(C)C2)C(C)C)c1. The van der Waals surface area contributed by atoms with E-state index in [9.17, 15) is 24.3 Å². The number of piperidine rings is 1. The van der Waals surface area contributed by atoms with Crippen molar-refractivity contribution in [3.05, 3.63) is 64.7 Å². The molecule has 0 saturated carbocycles. The number of carbonyl (C=O) groups is 4. The number of halogens is 1. The third-order valence-corrected chi connectivity index (χ3v) is 7.64. The molecule has 0 aliphatic carbocycles. The summed E-state index contributed by atoms with van der Waals surface area (Å²) >= 11 is 6.04. The first-order chi connectivity index (χ1) is 19.3. The highest BCUT2D eigenvalue weighted by atomic mass is 35.5. The van der Waals surface area contributed by atoms with Gasteiger partial charge in [0.15, 0.2) is 0 Å². The van der Waals surface area contributed by atoms with Gasteiger partial charge in [-0.2, -0.15) is 0 Å². The number of likely N-dealkylation sites (tertiary alicyclic amines) is 1. The fraction of sp³-hybridized carbons (Fsp3) is 0.467. The summed E-state index contributed by atoms with van der Waals surface area (Å²) in [5, 5.41) is 20.1. The number of ether oxygens (including phenoxy) is 1. The fourth-order valence-corrected chi connectivity index (χ4v) is 5.11. The van der Waals surface area contributed by atoms with Gasteiger partial charge in [-0.1, -0.05) is 57.5 Å². The lowest BCUT2D eigenvalue weighted by atomic mass is 9.66. The van der Waals surface area contributed by atoms with Crippen LogP contribution in [-0.2, 0) is 19.9 Å². The molecule has 1 saturated heterocycles. The number of esters is 1. The van der Waals surface area contributed by atoms with Crippen LogP contribution < -0.4 is 16.0 Å². The average Bonchev–Trinajstić information content (AvgIpc) is 2.92. The summed E-state index contributed by atoms with van der Waals surface area (Å²) < 4.78 is 4.78. The first-order valence-electron chi connectivity index (χ1n) is 13.7. The zero-order chi connectivity index (χ0) is 30.4. The summed E-state index contributed by atoms with van der Waals surface area (Å²) in [7, 11) is 0. The smallest absolute Gasteiger partial charge is 0.325 e. The van der Waals surface area contributed by atoms with E-state index in [0.29, 0.717) is 30.2 Å². The van der Waals surface area contributed by atoms with Crippen molar-refractivity contribution in [2.45, 2.75) is 52.7 Å². The van der Waals surface area contributed by atoms with Crippen molar-refractivity contribution in [3.63, 3.8) is 0 Å². The van der Waals surface area contributed by atoms with Crippen LogP contribution >= 0.6 is 11.6 Å². The van der Waals surface area contributed by atoms with Crippen molar-refractivity contribution < 1.29 is 29.0 Å². The van der Waals surface area contributed by atoms with Gasteiger partial charge in [-0.3, -0.25) is 14.4 Å². The largest absolute Gasteiger partial charge is 0.465 e. The molecule has 0 aromatic heterocycles.